The van der Waals surface area contributed by atoms with E-state index in [0.29, 0.717) is 11.8 Å². The van der Waals surface area contributed by atoms with Crippen molar-refractivity contribution in [2.75, 3.05) is 0 Å². The van der Waals surface area contributed by atoms with Gasteiger partial charge in [0.15, 0.2) is 0 Å². The molecule has 1 fully saturated rings. The third kappa shape index (κ3) is 1.58. The van der Waals surface area contributed by atoms with Crippen LogP contribution < -0.4 is 0 Å². The molecule has 0 heteroatoms. The monoisotopic (exact) mass is 190 g/mol. The van der Waals surface area contributed by atoms with Crippen molar-refractivity contribution in [1.82, 2.24) is 0 Å². The first-order valence-electron chi connectivity index (χ1n) is 5.70. The first-order valence-corrected chi connectivity index (χ1v) is 5.70. The van der Waals surface area contributed by atoms with E-state index in [0.717, 1.165) is 5.92 Å². The molecule has 0 spiro atoms. The highest BCUT2D eigenvalue weighted by Crippen LogP contribution is 2.45. The largest absolute Gasteiger partial charge is 0.0998 e. The topological polar surface area (TPSA) is 0 Å². The lowest BCUT2D eigenvalue weighted by atomic mass is 9.65. The summed E-state index contributed by atoms with van der Waals surface area (Å²) < 4.78 is 0. The molecule has 0 aromatic carbocycles. The maximum Gasteiger partial charge on any atom is 0 e. The minimum atomic E-state index is 0. The molecular weight excluding hydrogens is 168 g/mol. The Kier molecular flexibility index (Phi) is 2.62. The van der Waals surface area contributed by atoms with E-state index in [9.17, 15) is 0 Å². The summed E-state index contributed by atoms with van der Waals surface area (Å²) in [6, 6.07) is 0. The zero-order valence-electron chi connectivity index (χ0n) is 9.13. The predicted molar refractivity (Wildman–Crippen MR) is 64.1 cm³/mol. The van der Waals surface area contributed by atoms with Crippen LogP contribution in [0.25, 0.3) is 0 Å². The van der Waals surface area contributed by atoms with Gasteiger partial charge in [0.25, 0.3) is 0 Å². The molecule has 0 bridgehead atoms. The summed E-state index contributed by atoms with van der Waals surface area (Å²) in [6.45, 7) is 10.6. The van der Waals surface area contributed by atoms with Crippen molar-refractivity contribution >= 4 is 0 Å². The van der Waals surface area contributed by atoms with E-state index in [-0.39, 0.29) is 1.43 Å². The fraction of sp³-hybridized carbons (Fsp3) is 0.571. The summed E-state index contributed by atoms with van der Waals surface area (Å²) in [6.07, 6.45) is 9.85. The van der Waals surface area contributed by atoms with Gasteiger partial charge in [-0.2, -0.15) is 0 Å². The molecule has 78 valence electrons. The lowest BCUT2D eigenvalue weighted by Gasteiger charge is -2.40. The molecule has 0 radical (unpaired) electrons. The van der Waals surface area contributed by atoms with E-state index < -0.39 is 0 Å². The number of hydrogen-bond acceptors (Lipinski definition) is 0. The van der Waals surface area contributed by atoms with E-state index >= 15 is 0 Å². The molecular formula is C14H22. The van der Waals surface area contributed by atoms with Crippen LogP contribution in [-0.4, -0.2) is 0 Å². The van der Waals surface area contributed by atoms with Gasteiger partial charge >= 0.3 is 0 Å². The first-order chi connectivity index (χ1) is 6.70. The Bertz CT molecular complexity index is 288. The number of fused-ring (bicyclic) bond motifs is 1. The standard InChI is InChI=1S/C14H20.H2/c1-10(2)13-9-5-8-12-7-4-6-11(3)14(12)13;/h5,8,12-14H,1,3-4,6-7,9H2,2H3;1H. The van der Waals surface area contributed by atoms with Crippen molar-refractivity contribution in [3.63, 3.8) is 0 Å². The zero-order valence-corrected chi connectivity index (χ0v) is 9.13. The molecule has 0 amide bonds. The Morgan fingerprint density at radius 2 is 2.36 bits per heavy atom. The van der Waals surface area contributed by atoms with Gasteiger partial charge in [-0.25, -0.2) is 0 Å². The van der Waals surface area contributed by atoms with Gasteiger partial charge in [-0.15, -0.1) is 0 Å². The summed E-state index contributed by atoms with van der Waals surface area (Å²) in [7, 11) is 0. The molecule has 0 N–H and O–H groups in total. The fourth-order valence-electron chi connectivity index (χ4n) is 3.07. The van der Waals surface area contributed by atoms with E-state index in [2.05, 4.69) is 32.2 Å². The summed E-state index contributed by atoms with van der Waals surface area (Å²) in [5.74, 6) is 2.12. The number of hydrogen-bond donors (Lipinski definition) is 0. The van der Waals surface area contributed by atoms with E-state index in [1.165, 1.54) is 36.8 Å². The lowest BCUT2D eigenvalue weighted by molar-refractivity contribution is 0.272. The molecule has 0 saturated heterocycles. The molecule has 14 heavy (non-hydrogen) atoms. The summed E-state index contributed by atoms with van der Waals surface area (Å²) in [5, 5.41) is 0. The fourth-order valence-corrected chi connectivity index (χ4v) is 3.07. The van der Waals surface area contributed by atoms with Crippen molar-refractivity contribution in [2.45, 2.75) is 32.6 Å². The van der Waals surface area contributed by atoms with E-state index in [1.54, 1.807) is 0 Å². The van der Waals surface area contributed by atoms with Gasteiger partial charge < -0.3 is 0 Å². The highest BCUT2D eigenvalue weighted by atomic mass is 14.4. The SMILES string of the molecule is C=C(C)C1CC=CC2CCCC(=C)C21.[HH]. The van der Waals surface area contributed by atoms with Crippen LogP contribution in [0.1, 0.15) is 34.0 Å². The molecule has 2 aliphatic rings. The Morgan fingerprint density at radius 3 is 3.07 bits per heavy atom. The van der Waals surface area contributed by atoms with E-state index in [4.69, 9.17) is 0 Å². The van der Waals surface area contributed by atoms with Gasteiger partial charge in [0.2, 0.25) is 0 Å². The van der Waals surface area contributed by atoms with Crippen LogP contribution >= 0.6 is 0 Å². The van der Waals surface area contributed by atoms with Crippen LogP contribution in [0, 0.1) is 17.8 Å². The van der Waals surface area contributed by atoms with Gasteiger partial charge in [0, 0.05) is 1.43 Å². The number of rotatable bonds is 1. The maximum atomic E-state index is 4.26. The third-order valence-electron chi connectivity index (χ3n) is 3.81. The predicted octanol–water partition coefficient (Wildman–Crippen LogP) is 4.36. The van der Waals surface area contributed by atoms with Gasteiger partial charge in [-0.3, -0.25) is 0 Å². The molecule has 0 heterocycles. The van der Waals surface area contributed by atoms with Crippen molar-refractivity contribution in [1.29, 1.82) is 0 Å². The van der Waals surface area contributed by atoms with E-state index in [1.807, 2.05) is 0 Å². The lowest BCUT2D eigenvalue weighted by Crippen LogP contribution is -2.30. The zero-order chi connectivity index (χ0) is 10.1. The average molecular weight is 190 g/mol. The second kappa shape index (κ2) is 3.76. The normalized spacial score (nSPS) is 36.6. The highest BCUT2D eigenvalue weighted by molar-refractivity contribution is 5.21. The van der Waals surface area contributed by atoms with Crippen LogP contribution in [0.4, 0.5) is 0 Å². The van der Waals surface area contributed by atoms with Crippen molar-refractivity contribution in [2.24, 2.45) is 17.8 Å². The molecule has 0 nitrogen and oxygen atoms in total. The van der Waals surface area contributed by atoms with Crippen molar-refractivity contribution in [3.8, 4) is 0 Å². The third-order valence-corrected chi connectivity index (χ3v) is 3.81. The van der Waals surface area contributed by atoms with Crippen molar-refractivity contribution in [3.05, 3.63) is 36.5 Å². The van der Waals surface area contributed by atoms with Gasteiger partial charge in [0.1, 0.15) is 0 Å². The molecule has 0 aromatic rings. The summed E-state index contributed by atoms with van der Waals surface area (Å²) in [4.78, 5) is 0. The Balaban J connectivity index is 0.00000112. The molecule has 0 aromatic heterocycles. The van der Waals surface area contributed by atoms with Crippen LogP contribution in [0.5, 0.6) is 0 Å². The molecule has 0 aliphatic heterocycles. The van der Waals surface area contributed by atoms with Crippen molar-refractivity contribution < 1.29 is 1.43 Å². The van der Waals surface area contributed by atoms with Crippen LogP contribution in [0.2, 0.25) is 0 Å². The second-order valence-corrected chi connectivity index (χ2v) is 4.86. The Labute approximate surface area is 88.9 Å². The average Bonchev–Trinajstić information content (AvgIpc) is 2.17. The quantitative estimate of drug-likeness (QED) is 0.539. The van der Waals surface area contributed by atoms with Gasteiger partial charge in [0.05, 0.1) is 0 Å². The van der Waals surface area contributed by atoms with Crippen LogP contribution in [0.15, 0.2) is 36.5 Å². The summed E-state index contributed by atoms with van der Waals surface area (Å²) in [5.41, 5.74) is 2.81. The second-order valence-electron chi connectivity index (χ2n) is 4.86. The molecule has 2 aliphatic carbocycles. The maximum absolute atomic E-state index is 4.26. The van der Waals surface area contributed by atoms with Gasteiger partial charge in [-0.05, 0) is 50.4 Å². The highest BCUT2D eigenvalue weighted by Gasteiger charge is 2.34. The first kappa shape index (κ1) is 9.76. The molecule has 3 atom stereocenters. The number of allylic oxidation sites excluding steroid dienone is 4. The van der Waals surface area contributed by atoms with Crippen LogP contribution in [0.3, 0.4) is 0 Å². The molecule has 2 rings (SSSR count). The smallest absolute Gasteiger partial charge is 0 e. The minimum Gasteiger partial charge on any atom is -0.0998 e. The molecule has 1 saturated carbocycles. The molecule has 3 unspecified atom stereocenters. The minimum absolute atomic E-state index is 0. The van der Waals surface area contributed by atoms with Crippen LogP contribution in [-0.2, 0) is 0 Å². The summed E-state index contributed by atoms with van der Waals surface area (Å²) >= 11 is 0. The Morgan fingerprint density at radius 1 is 1.57 bits per heavy atom. The Hall–Kier alpha value is -0.780. The van der Waals surface area contributed by atoms with Gasteiger partial charge in [-0.1, -0.05) is 36.5 Å².